The van der Waals surface area contributed by atoms with Crippen LogP contribution in [0.5, 0.6) is 0 Å². The first-order valence-electron chi connectivity index (χ1n) is 7.25. The maximum atomic E-state index is 11.2. The SMILES string of the molecule is CCCCOCCNc1ncnc(NCCC)c1[N+](=O)[O-]. The molecule has 0 atom stereocenters. The highest BCUT2D eigenvalue weighted by molar-refractivity contribution is 5.69. The molecule has 1 aromatic heterocycles. The second-order valence-corrected chi connectivity index (χ2v) is 4.50. The third-order valence-electron chi connectivity index (χ3n) is 2.73. The fourth-order valence-electron chi connectivity index (χ4n) is 1.64. The summed E-state index contributed by atoms with van der Waals surface area (Å²) >= 11 is 0. The normalized spacial score (nSPS) is 10.4. The molecule has 0 aliphatic carbocycles. The van der Waals surface area contributed by atoms with Crippen molar-refractivity contribution in [1.29, 1.82) is 0 Å². The number of ether oxygens (including phenoxy) is 1. The molecular weight excluding hydrogens is 274 g/mol. The lowest BCUT2D eigenvalue weighted by Gasteiger charge is -2.09. The second-order valence-electron chi connectivity index (χ2n) is 4.50. The molecule has 118 valence electrons. The average molecular weight is 297 g/mol. The summed E-state index contributed by atoms with van der Waals surface area (Å²) in [4.78, 5) is 18.6. The largest absolute Gasteiger partial charge is 0.380 e. The highest BCUT2D eigenvalue weighted by atomic mass is 16.6. The van der Waals surface area contributed by atoms with E-state index in [9.17, 15) is 10.1 Å². The first-order valence-corrected chi connectivity index (χ1v) is 7.25. The lowest BCUT2D eigenvalue weighted by atomic mass is 10.4. The van der Waals surface area contributed by atoms with E-state index in [1.165, 1.54) is 6.33 Å². The lowest BCUT2D eigenvalue weighted by Crippen LogP contribution is -2.14. The van der Waals surface area contributed by atoms with Crippen molar-refractivity contribution in [3.63, 3.8) is 0 Å². The van der Waals surface area contributed by atoms with E-state index in [0.29, 0.717) is 26.3 Å². The van der Waals surface area contributed by atoms with Gasteiger partial charge in [-0.25, -0.2) is 9.97 Å². The van der Waals surface area contributed by atoms with Crippen molar-refractivity contribution in [2.75, 3.05) is 36.9 Å². The minimum absolute atomic E-state index is 0.125. The Kier molecular flexibility index (Phi) is 8.03. The van der Waals surface area contributed by atoms with Crippen molar-refractivity contribution >= 4 is 17.3 Å². The Morgan fingerprint density at radius 3 is 2.38 bits per heavy atom. The van der Waals surface area contributed by atoms with Gasteiger partial charge in [0.25, 0.3) is 0 Å². The van der Waals surface area contributed by atoms with E-state index in [2.05, 4.69) is 27.5 Å². The number of aromatic nitrogens is 2. The second kappa shape index (κ2) is 9.87. The summed E-state index contributed by atoms with van der Waals surface area (Å²) in [5.41, 5.74) is -0.125. The Bertz CT molecular complexity index is 442. The fraction of sp³-hybridized carbons (Fsp3) is 0.692. The molecule has 8 heteroatoms. The summed E-state index contributed by atoms with van der Waals surface area (Å²) in [6.07, 6.45) is 4.26. The quantitative estimate of drug-likeness (QED) is 0.367. The zero-order valence-electron chi connectivity index (χ0n) is 12.6. The maximum Gasteiger partial charge on any atom is 0.353 e. The summed E-state index contributed by atoms with van der Waals surface area (Å²) in [5.74, 6) is 0.457. The first-order chi connectivity index (χ1) is 10.2. The molecule has 21 heavy (non-hydrogen) atoms. The van der Waals surface area contributed by atoms with Crippen molar-refractivity contribution in [3.05, 3.63) is 16.4 Å². The van der Waals surface area contributed by atoms with Gasteiger partial charge in [-0.2, -0.15) is 0 Å². The average Bonchev–Trinajstić information content (AvgIpc) is 2.48. The van der Waals surface area contributed by atoms with Gasteiger partial charge in [-0.15, -0.1) is 0 Å². The minimum Gasteiger partial charge on any atom is -0.380 e. The van der Waals surface area contributed by atoms with E-state index < -0.39 is 4.92 Å². The number of rotatable bonds is 11. The number of unbranched alkanes of at least 4 members (excludes halogenated alkanes) is 1. The van der Waals surface area contributed by atoms with Crippen LogP contribution in [0.1, 0.15) is 33.1 Å². The highest BCUT2D eigenvalue weighted by Gasteiger charge is 2.22. The van der Waals surface area contributed by atoms with Gasteiger partial charge in [0.1, 0.15) is 6.33 Å². The molecular formula is C13H23N5O3. The highest BCUT2D eigenvalue weighted by Crippen LogP contribution is 2.28. The Balaban J connectivity index is 2.61. The standard InChI is InChI=1S/C13H23N5O3/c1-3-5-8-21-9-7-15-13-11(18(19)20)12(14-6-4-2)16-10-17-13/h10H,3-9H2,1-2H3,(H2,14,15,16,17). The van der Waals surface area contributed by atoms with Crippen molar-refractivity contribution in [2.24, 2.45) is 0 Å². The number of hydrogen-bond donors (Lipinski definition) is 2. The lowest BCUT2D eigenvalue weighted by molar-refractivity contribution is -0.383. The molecule has 0 fully saturated rings. The fourth-order valence-corrected chi connectivity index (χ4v) is 1.64. The molecule has 0 aliphatic rings. The number of nitrogens with one attached hydrogen (secondary N) is 2. The first kappa shape index (κ1) is 17.1. The minimum atomic E-state index is -0.474. The van der Waals surface area contributed by atoms with Gasteiger partial charge in [0.2, 0.25) is 11.6 Å². The zero-order valence-corrected chi connectivity index (χ0v) is 12.6. The Morgan fingerprint density at radius 1 is 1.14 bits per heavy atom. The van der Waals surface area contributed by atoms with Gasteiger partial charge in [0, 0.05) is 19.7 Å². The molecule has 1 aromatic rings. The van der Waals surface area contributed by atoms with Gasteiger partial charge in [0.05, 0.1) is 11.5 Å². The van der Waals surface area contributed by atoms with Crippen LogP contribution in [0, 0.1) is 10.1 Å². The zero-order chi connectivity index (χ0) is 15.5. The predicted molar refractivity (Wildman–Crippen MR) is 81.7 cm³/mol. The van der Waals surface area contributed by atoms with E-state index in [4.69, 9.17) is 4.74 Å². The number of hydrogen-bond acceptors (Lipinski definition) is 7. The van der Waals surface area contributed by atoms with E-state index in [1.807, 2.05) is 6.92 Å². The number of anilines is 2. The Morgan fingerprint density at radius 2 is 1.81 bits per heavy atom. The van der Waals surface area contributed by atoms with Crippen LogP contribution in [0.4, 0.5) is 17.3 Å². The van der Waals surface area contributed by atoms with Crippen LogP contribution in [0.15, 0.2) is 6.33 Å². The van der Waals surface area contributed by atoms with Crippen molar-refractivity contribution in [2.45, 2.75) is 33.1 Å². The van der Waals surface area contributed by atoms with Gasteiger partial charge in [-0.1, -0.05) is 20.3 Å². The maximum absolute atomic E-state index is 11.2. The molecule has 2 N–H and O–H groups in total. The molecule has 1 rings (SSSR count). The monoisotopic (exact) mass is 297 g/mol. The number of nitrogens with zero attached hydrogens (tertiary/aromatic N) is 3. The molecule has 1 heterocycles. The molecule has 8 nitrogen and oxygen atoms in total. The van der Waals surface area contributed by atoms with Gasteiger partial charge in [0.15, 0.2) is 0 Å². The molecule has 0 aromatic carbocycles. The summed E-state index contributed by atoms with van der Waals surface area (Å²) in [5, 5.41) is 17.1. The van der Waals surface area contributed by atoms with Gasteiger partial charge in [-0.3, -0.25) is 10.1 Å². The van der Waals surface area contributed by atoms with Crippen molar-refractivity contribution < 1.29 is 9.66 Å². The van der Waals surface area contributed by atoms with E-state index >= 15 is 0 Å². The summed E-state index contributed by atoms with van der Waals surface area (Å²) < 4.78 is 5.40. The van der Waals surface area contributed by atoms with Crippen molar-refractivity contribution in [1.82, 2.24) is 9.97 Å². The summed E-state index contributed by atoms with van der Waals surface area (Å²) in [6, 6.07) is 0. The van der Waals surface area contributed by atoms with E-state index in [-0.39, 0.29) is 17.3 Å². The molecule has 0 saturated heterocycles. The third kappa shape index (κ3) is 5.90. The Hall–Kier alpha value is -1.96. The molecule has 0 radical (unpaired) electrons. The third-order valence-corrected chi connectivity index (χ3v) is 2.73. The molecule has 0 spiro atoms. The topological polar surface area (TPSA) is 102 Å². The van der Waals surface area contributed by atoms with Crippen LogP contribution < -0.4 is 10.6 Å². The van der Waals surface area contributed by atoms with Gasteiger partial charge < -0.3 is 15.4 Å². The van der Waals surface area contributed by atoms with Gasteiger partial charge >= 0.3 is 5.69 Å². The van der Waals surface area contributed by atoms with Crippen LogP contribution in [0.3, 0.4) is 0 Å². The van der Waals surface area contributed by atoms with Crippen LogP contribution in [0.25, 0.3) is 0 Å². The van der Waals surface area contributed by atoms with E-state index in [1.54, 1.807) is 0 Å². The summed E-state index contributed by atoms with van der Waals surface area (Å²) in [6.45, 7) is 6.35. The van der Waals surface area contributed by atoms with Gasteiger partial charge in [-0.05, 0) is 12.8 Å². The number of nitro groups is 1. The molecule has 0 aliphatic heterocycles. The molecule has 0 bridgehead atoms. The molecule has 0 saturated carbocycles. The predicted octanol–water partition coefficient (Wildman–Crippen LogP) is 2.44. The van der Waals surface area contributed by atoms with Crippen LogP contribution in [0.2, 0.25) is 0 Å². The van der Waals surface area contributed by atoms with Crippen molar-refractivity contribution in [3.8, 4) is 0 Å². The Labute approximate surface area is 124 Å². The molecule has 0 amide bonds. The van der Waals surface area contributed by atoms with Crippen LogP contribution in [-0.2, 0) is 4.74 Å². The summed E-state index contributed by atoms with van der Waals surface area (Å²) in [7, 11) is 0. The van der Waals surface area contributed by atoms with Crippen LogP contribution >= 0.6 is 0 Å². The van der Waals surface area contributed by atoms with Crippen LogP contribution in [-0.4, -0.2) is 41.2 Å². The molecule has 0 unspecified atom stereocenters. The smallest absolute Gasteiger partial charge is 0.353 e. The van der Waals surface area contributed by atoms with E-state index in [0.717, 1.165) is 19.3 Å².